The number of ether oxygens (including phenoxy) is 1. The molecular formula is C16H30O2. The zero-order valence-corrected chi connectivity index (χ0v) is 12.3. The van der Waals surface area contributed by atoms with Crippen LogP contribution in [-0.2, 0) is 4.74 Å². The Morgan fingerprint density at radius 1 is 1.22 bits per heavy atom. The normalized spacial score (nSPS) is 43.0. The first kappa shape index (κ1) is 14.3. The predicted octanol–water partition coefficient (Wildman–Crippen LogP) is 3.77. The van der Waals surface area contributed by atoms with Crippen LogP contribution in [-0.4, -0.2) is 23.4 Å². The van der Waals surface area contributed by atoms with E-state index in [1.165, 1.54) is 38.5 Å². The van der Waals surface area contributed by atoms with Crippen LogP contribution in [0.5, 0.6) is 0 Å². The predicted molar refractivity (Wildman–Crippen MR) is 74.5 cm³/mol. The van der Waals surface area contributed by atoms with Crippen LogP contribution in [0.1, 0.15) is 65.7 Å². The van der Waals surface area contributed by atoms with Crippen molar-refractivity contribution in [3.05, 3.63) is 0 Å². The minimum absolute atomic E-state index is 0.185. The van der Waals surface area contributed by atoms with E-state index in [0.29, 0.717) is 18.1 Å². The van der Waals surface area contributed by atoms with Crippen molar-refractivity contribution < 1.29 is 9.84 Å². The molecule has 2 rings (SSSR count). The van der Waals surface area contributed by atoms with E-state index < -0.39 is 0 Å². The lowest BCUT2D eigenvalue weighted by Crippen LogP contribution is -2.25. The fourth-order valence-electron chi connectivity index (χ4n) is 3.93. The average Bonchev–Trinajstić information content (AvgIpc) is 2.70. The summed E-state index contributed by atoms with van der Waals surface area (Å²) in [6, 6.07) is 0. The molecule has 1 N–H and O–H groups in total. The molecule has 4 atom stereocenters. The maximum absolute atomic E-state index is 9.54. The molecule has 0 amide bonds. The zero-order chi connectivity index (χ0) is 13.1. The summed E-state index contributed by atoms with van der Waals surface area (Å²) in [5.74, 6) is 2.32. The molecule has 0 aromatic heterocycles. The lowest BCUT2D eigenvalue weighted by Gasteiger charge is -2.31. The highest BCUT2D eigenvalue weighted by Crippen LogP contribution is 2.40. The average molecular weight is 254 g/mol. The maximum atomic E-state index is 9.54. The lowest BCUT2D eigenvalue weighted by atomic mass is 9.77. The first-order chi connectivity index (χ1) is 8.60. The van der Waals surface area contributed by atoms with E-state index >= 15 is 0 Å². The largest absolute Gasteiger partial charge is 0.393 e. The first-order valence-electron chi connectivity index (χ1n) is 7.93. The van der Waals surface area contributed by atoms with Gasteiger partial charge in [-0.1, -0.05) is 26.2 Å². The van der Waals surface area contributed by atoms with E-state index in [1.807, 2.05) is 6.92 Å². The molecule has 0 aromatic rings. The zero-order valence-electron chi connectivity index (χ0n) is 12.3. The van der Waals surface area contributed by atoms with Gasteiger partial charge in [-0.2, -0.15) is 0 Å². The molecule has 0 bridgehead atoms. The van der Waals surface area contributed by atoms with Gasteiger partial charge in [-0.05, 0) is 57.3 Å². The molecule has 0 radical (unpaired) electrons. The maximum Gasteiger partial charge on any atom is 0.0610 e. The number of aliphatic hydroxyl groups is 1. The molecule has 4 unspecified atom stereocenters. The third kappa shape index (κ3) is 3.48. The third-order valence-corrected chi connectivity index (χ3v) is 5.23. The molecule has 0 aromatic carbocycles. The molecule has 2 fully saturated rings. The number of hydrogen-bond donors (Lipinski definition) is 1. The van der Waals surface area contributed by atoms with Crippen LogP contribution in [0.3, 0.4) is 0 Å². The topological polar surface area (TPSA) is 29.5 Å². The third-order valence-electron chi connectivity index (χ3n) is 5.23. The lowest BCUT2D eigenvalue weighted by molar-refractivity contribution is -0.00392. The molecule has 1 heterocycles. The standard InChI is InChI=1S/C16H30O2/c1-4-13-5-7-14(8-6-13)16-10-15(9-11(2)17)12(3)18-16/h11-17H,4-10H2,1-3H3. The van der Waals surface area contributed by atoms with Crippen LogP contribution in [0, 0.1) is 17.8 Å². The Morgan fingerprint density at radius 2 is 1.89 bits per heavy atom. The van der Waals surface area contributed by atoms with E-state index in [0.717, 1.165) is 18.3 Å². The Morgan fingerprint density at radius 3 is 2.44 bits per heavy atom. The Kier molecular flexibility index (Phi) is 5.08. The summed E-state index contributed by atoms with van der Waals surface area (Å²) in [5, 5.41) is 9.54. The molecule has 2 nitrogen and oxygen atoms in total. The van der Waals surface area contributed by atoms with Gasteiger partial charge in [0, 0.05) is 0 Å². The number of hydrogen-bond acceptors (Lipinski definition) is 2. The second-order valence-electron chi connectivity index (χ2n) is 6.65. The molecule has 1 saturated heterocycles. The molecular weight excluding hydrogens is 224 g/mol. The van der Waals surface area contributed by atoms with Gasteiger partial charge in [-0.3, -0.25) is 0 Å². The molecule has 18 heavy (non-hydrogen) atoms. The summed E-state index contributed by atoms with van der Waals surface area (Å²) in [4.78, 5) is 0. The molecule has 1 aliphatic heterocycles. The van der Waals surface area contributed by atoms with Gasteiger partial charge in [-0.15, -0.1) is 0 Å². The minimum Gasteiger partial charge on any atom is -0.393 e. The smallest absolute Gasteiger partial charge is 0.0610 e. The van der Waals surface area contributed by atoms with Crippen LogP contribution in [0.2, 0.25) is 0 Å². The highest BCUT2D eigenvalue weighted by Gasteiger charge is 2.38. The van der Waals surface area contributed by atoms with Crippen molar-refractivity contribution in [3.8, 4) is 0 Å². The molecule has 2 heteroatoms. The van der Waals surface area contributed by atoms with Gasteiger partial charge in [-0.25, -0.2) is 0 Å². The summed E-state index contributed by atoms with van der Waals surface area (Å²) in [5.41, 5.74) is 0. The molecule has 1 aliphatic carbocycles. The van der Waals surface area contributed by atoms with E-state index in [-0.39, 0.29) is 6.10 Å². The van der Waals surface area contributed by atoms with Crippen molar-refractivity contribution in [1.82, 2.24) is 0 Å². The summed E-state index contributed by atoms with van der Waals surface area (Å²) in [7, 11) is 0. The van der Waals surface area contributed by atoms with E-state index in [4.69, 9.17) is 4.74 Å². The van der Waals surface area contributed by atoms with Crippen molar-refractivity contribution >= 4 is 0 Å². The van der Waals surface area contributed by atoms with Crippen LogP contribution in [0.25, 0.3) is 0 Å². The Balaban J connectivity index is 1.81. The van der Waals surface area contributed by atoms with E-state index in [9.17, 15) is 5.11 Å². The first-order valence-corrected chi connectivity index (χ1v) is 7.93. The Hall–Kier alpha value is -0.0800. The van der Waals surface area contributed by atoms with Crippen molar-refractivity contribution in [2.75, 3.05) is 0 Å². The van der Waals surface area contributed by atoms with Crippen molar-refractivity contribution in [1.29, 1.82) is 0 Å². The molecule has 0 spiro atoms. The summed E-state index contributed by atoms with van der Waals surface area (Å²) in [6.45, 7) is 6.40. The monoisotopic (exact) mass is 254 g/mol. The number of aliphatic hydroxyl groups excluding tert-OH is 1. The van der Waals surface area contributed by atoms with Crippen LogP contribution >= 0.6 is 0 Å². The van der Waals surface area contributed by atoms with Crippen molar-refractivity contribution in [2.24, 2.45) is 17.8 Å². The molecule has 1 saturated carbocycles. The highest BCUT2D eigenvalue weighted by molar-refractivity contribution is 4.87. The minimum atomic E-state index is -0.185. The second-order valence-corrected chi connectivity index (χ2v) is 6.65. The molecule has 106 valence electrons. The van der Waals surface area contributed by atoms with E-state index in [1.54, 1.807) is 0 Å². The SMILES string of the molecule is CCC1CCC(C2CC(CC(C)O)C(C)O2)CC1. The van der Waals surface area contributed by atoms with Gasteiger partial charge in [0.1, 0.15) is 0 Å². The summed E-state index contributed by atoms with van der Waals surface area (Å²) in [6.07, 6.45) is 9.57. The quantitative estimate of drug-likeness (QED) is 0.827. The molecule has 2 aliphatic rings. The van der Waals surface area contributed by atoms with Crippen LogP contribution in [0.15, 0.2) is 0 Å². The van der Waals surface area contributed by atoms with Crippen LogP contribution in [0.4, 0.5) is 0 Å². The van der Waals surface area contributed by atoms with Gasteiger partial charge in [0.05, 0.1) is 18.3 Å². The fraction of sp³-hybridized carbons (Fsp3) is 1.00. The van der Waals surface area contributed by atoms with Crippen molar-refractivity contribution in [2.45, 2.75) is 84.0 Å². The Bertz CT molecular complexity index is 243. The van der Waals surface area contributed by atoms with Gasteiger partial charge in [0.2, 0.25) is 0 Å². The van der Waals surface area contributed by atoms with Crippen molar-refractivity contribution in [3.63, 3.8) is 0 Å². The van der Waals surface area contributed by atoms with E-state index in [2.05, 4.69) is 13.8 Å². The van der Waals surface area contributed by atoms with Crippen LogP contribution < -0.4 is 0 Å². The summed E-state index contributed by atoms with van der Waals surface area (Å²) < 4.78 is 6.17. The number of rotatable bonds is 4. The second kappa shape index (κ2) is 6.38. The summed E-state index contributed by atoms with van der Waals surface area (Å²) >= 11 is 0. The van der Waals surface area contributed by atoms with Gasteiger partial charge in [0.25, 0.3) is 0 Å². The van der Waals surface area contributed by atoms with Gasteiger partial charge >= 0.3 is 0 Å². The fourth-order valence-corrected chi connectivity index (χ4v) is 3.93. The highest BCUT2D eigenvalue weighted by atomic mass is 16.5. The van der Waals surface area contributed by atoms with Gasteiger partial charge in [0.15, 0.2) is 0 Å². The van der Waals surface area contributed by atoms with Gasteiger partial charge < -0.3 is 9.84 Å². The Labute approximate surface area is 112 Å².